The number of alkyl halides is 27. The van der Waals surface area contributed by atoms with Gasteiger partial charge in [-0.1, -0.05) is 13.0 Å². The quantitative estimate of drug-likeness (QED) is 0.0997. The fourth-order valence-corrected chi connectivity index (χ4v) is 2.79. The summed E-state index contributed by atoms with van der Waals surface area (Å²) in [5.74, 6) is -106. The lowest BCUT2D eigenvalue weighted by atomic mass is 9.84. The fourth-order valence-electron chi connectivity index (χ4n) is 2.79. The van der Waals surface area contributed by atoms with E-state index in [4.69, 9.17) is 0 Å². The van der Waals surface area contributed by atoms with Crippen molar-refractivity contribution in [1.29, 1.82) is 0 Å². The molecule has 48 heavy (non-hydrogen) atoms. The van der Waals surface area contributed by atoms with Crippen LogP contribution in [0, 0.1) is 0 Å². The number of carbonyl (C=O) groups excluding carboxylic acids is 1. The second-order valence-corrected chi connectivity index (χ2v) is 9.02. The van der Waals surface area contributed by atoms with Crippen LogP contribution in [0.2, 0.25) is 0 Å². The van der Waals surface area contributed by atoms with Crippen molar-refractivity contribution >= 4 is 5.97 Å². The molecule has 0 amide bonds. The Labute approximate surface area is 244 Å². The van der Waals surface area contributed by atoms with E-state index in [0.717, 1.165) is 6.92 Å². The van der Waals surface area contributed by atoms with E-state index in [2.05, 4.69) is 4.74 Å². The van der Waals surface area contributed by atoms with Gasteiger partial charge < -0.3 is 4.74 Å². The first-order valence-electron chi connectivity index (χ1n) is 10.9. The molecule has 286 valence electrons. The molecule has 0 aliphatic rings. The Balaban J connectivity index is 7.41. The van der Waals surface area contributed by atoms with Crippen molar-refractivity contribution in [3.05, 3.63) is 11.6 Å². The summed E-state index contributed by atoms with van der Waals surface area (Å²) >= 11 is 0. The molecule has 0 N–H and O–H groups in total. The molecule has 0 aromatic heterocycles. The lowest BCUT2D eigenvalue weighted by molar-refractivity contribution is -0.489. The first-order valence-corrected chi connectivity index (χ1v) is 10.9. The van der Waals surface area contributed by atoms with E-state index in [1.54, 1.807) is 0 Å². The molecule has 0 bridgehead atoms. The molecule has 0 fully saturated rings. The number of esters is 1. The summed E-state index contributed by atoms with van der Waals surface area (Å²) in [5.41, 5.74) is -1.31. The highest BCUT2D eigenvalue weighted by atomic mass is 19.4. The smallest absolute Gasteiger partial charge is 0.393 e. The topological polar surface area (TPSA) is 26.3 Å². The van der Waals surface area contributed by atoms with Crippen LogP contribution in [0.4, 0.5) is 119 Å². The van der Waals surface area contributed by atoms with Crippen LogP contribution in [0.25, 0.3) is 0 Å². The Hall–Kier alpha value is -2.68. The van der Waals surface area contributed by atoms with Crippen LogP contribution in [0.15, 0.2) is 11.6 Å². The van der Waals surface area contributed by atoms with Gasteiger partial charge in [0.1, 0.15) is 0 Å². The average Bonchev–Trinajstić information content (AvgIpc) is 2.86. The van der Waals surface area contributed by atoms with Crippen molar-refractivity contribution in [3.8, 4) is 0 Å². The second kappa shape index (κ2) is 11.7. The van der Waals surface area contributed by atoms with Crippen molar-refractivity contribution < 1.29 is 128 Å². The first kappa shape index (κ1) is 45.3. The molecule has 0 radical (unpaired) electrons. The van der Waals surface area contributed by atoms with Crippen LogP contribution >= 0.6 is 0 Å². The van der Waals surface area contributed by atoms with Gasteiger partial charge in [-0.3, -0.25) is 0 Å². The van der Waals surface area contributed by atoms with E-state index in [-0.39, 0.29) is 0 Å². The van der Waals surface area contributed by atoms with Crippen LogP contribution in [-0.4, -0.2) is 83.4 Å². The van der Waals surface area contributed by atoms with Gasteiger partial charge >= 0.3 is 83.4 Å². The van der Waals surface area contributed by atoms with Crippen molar-refractivity contribution in [2.45, 2.75) is 97.7 Å². The lowest BCUT2D eigenvalue weighted by Crippen LogP contribution is -2.78. The molecular formula is C19H9F27O2. The second-order valence-electron chi connectivity index (χ2n) is 9.02. The van der Waals surface area contributed by atoms with Crippen molar-refractivity contribution in [2.75, 3.05) is 0 Å². The molecule has 0 atom stereocenters. The Morgan fingerprint density at radius 2 is 0.625 bits per heavy atom. The third-order valence-electron chi connectivity index (χ3n) is 5.72. The van der Waals surface area contributed by atoms with Crippen LogP contribution in [-0.2, 0) is 9.53 Å². The van der Waals surface area contributed by atoms with E-state index in [1.807, 2.05) is 0 Å². The van der Waals surface area contributed by atoms with Gasteiger partial charge in [0.15, 0.2) is 0 Å². The molecule has 0 aliphatic heterocycles. The first-order chi connectivity index (χ1) is 20.4. The molecule has 0 rings (SSSR count). The highest BCUT2D eigenvalue weighted by Crippen LogP contribution is 2.68. The van der Waals surface area contributed by atoms with E-state index >= 15 is 0 Å². The van der Waals surface area contributed by atoms with Gasteiger partial charge in [-0.25, -0.2) is 4.79 Å². The molecule has 29 heteroatoms. The van der Waals surface area contributed by atoms with Crippen LogP contribution in [0.1, 0.15) is 20.3 Å². The molecule has 0 aromatic rings. The van der Waals surface area contributed by atoms with E-state index in [9.17, 15) is 123 Å². The molecule has 0 saturated heterocycles. The highest BCUT2D eigenvalue weighted by Gasteiger charge is 3.00. The minimum atomic E-state index is -9.84. The number of hydrogen-bond donors (Lipinski definition) is 0. The normalized spacial score (nSPS) is 16.7. The molecule has 0 saturated carbocycles. The molecule has 2 nitrogen and oxygen atoms in total. The Bertz CT molecular complexity index is 1220. The largest absolute Gasteiger partial charge is 0.473 e. The standard InChI is InChI=1S/C19H9F27O2/c1-3-4-5(2)6(47)48-19(45,46)17(40,41)15(36,37)13(32,33)11(28,29)9(24,25)7(20,21)8(22,23)10(26,27)12(30,31)14(34,35)16(38,39)18(42,43)44/h4H,3H2,1-2H3. The zero-order chi connectivity index (χ0) is 39.8. The van der Waals surface area contributed by atoms with Crippen LogP contribution in [0.5, 0.6) is 0 Å². The van der Waals surface area contributed by atoms with Gasteiger partial charge in [0.05, 0.1) is 0 Å². The fraction of sp³-hybridized carbons (Fsp3) is 0.842. The molecule has 0 aliphatic carbocycles. The van der Waals surface area contributed by atoms with Crippen molar-refractivity contribution in [2.24, 2.45) is 0 Å². The number of rotatable bonds is 14. The van der Waals surface area contributed by atoms with Gasteiger partial charge in [-0.05, 0) is 13.3 Å². The maximum atomic E-state index is 13.8. The lowest BCUT2D eigenvalue weighted by Gasteiger charge is -2.45. The maximum Gasteiger partial charge on any atom is 0.473 e. The third-order valence-corrected chi connectivity index (χ3v) is 5.72. The van der Waals surface area contributed by atoms with Crippen LogP contribution < -0.4 is 0 Å². The Kier molecular flexibility index (Phi) is 11.0. The van der Waals surface area contributed by atoms with Gasteiger partial charge in [-0.2, -0.15) is 119 Å². The third kappa shape index (κ3) is 5.64. The van der Waals surface area contributed by atoms with Gasteiger partial charge in [-0.15, -0.1) is 0 Å². The molecule has 0 unspecified atom stereocenters. The molecular weight excluding hydrogens is 773 g/mol. The molecule has 0 heterocycles. The van der Waals surface area contributed by atoms with Gasteiger partial charge in [0.2, 0.25) is 0 Å². The molecule has 0 spiro atoms. The minimum Gasteiger partial charge on any atom is -0.393 e. The van der Waals surface area contributed by atoms with Gasteiger partial charge in [0, 0.05) is 5.57 Å². The number of carbonyl (C=O) groups is 1. The summed E-state index contributed by atoms with van der Waals surface area (Å²) in [7, 11) is 0. The van der Waals surface area contributed by atoms with Crippen molar-refractivity contribution in [1.82, 2.24) is 0 Å². The average molecular weight is 782 g/mol. The zero-order valence-electron chi connectivity index (χ0n) is 21.8. The zero-order valence-corrected chi connectivity index (χ0v) is 21.8. The number of hydrogen-bond acceptors (Lipinski definition) is 2. The Morgan fingerprint density at radius 3 is 0.833 bits per heavy atom. The summed E-state index contributed by atoms with van der Waals surface area (Å²) in [5, 5.41) is 0. The number of allylic oxidation sites excluding steroid dienone is 1. The Morgan fingerprint density at radius 1 is 0.417 bits per heavy atom. The summed E-state index contributed by atoms with van der Waals surface area (Å²) in [4.78, 5) is 11.3. The van der Waals surface area contributed by atoms with E-state index in [1.165, 1.54) is 0 Å². The van der Waals surface area contributed by atoms with Crippen molar-refractivity contribution in [3.63, 3.8) is 0 Å². The predicted octanol–water partition coefficient (Wildman–Crippen LogP) is 10.0. The maximum absolute atomic E-state index is 13.8. The summed E-state index contributed by atoms with van der Waals surface area (Å²) < 4.78 is 365. The summed E-state index contributed by atoms with van der Waals surface area (Å²) in [6.45, 7) is 1.35. The number of ether oxygens (including phenoxy) is 1. The monoisotopic (exact) mass is 782 g/mol. The number of halogens is 27. The predicted molar refractivity (Wildman–Crippen MR) is 95.6 cm³/mol. The summed E-state index contributed by atoms with van der Waals surface area (Å²) in [6, 6.07) is 0. The van der Waals surface area contributed by atoms with Gasteiger partial charge in [0.25, 0.3) is 0 Å². The summed E-state index contributed by atoms with van der Waals surface area (Å²) in [6.07, 6.45) is -15.9. The minimum absolute atomic E-state index is 0.323. The highest BCUT2D eigenvalue weighted by molar-refractivity contribution is 5.87. The van der Waals surface area contributed by atoms with Crippen LogP contribution in [0.3, 0.4) is 0 Å². The van der Waals surface area contributed by atoms with E-state index < -0.39 is 95.4 Å². The SMILES string of the molecule is CCC=C(C)C(=O)OC(F)(F)C(F)(F)C(F)(F)C(F)(F)C(F)(F)C(F)(F)C(F)(F)C(F)(F)C(F)(F)C(F)(F)C(F)(F)C(F)(F)C(F)(F)F. The molecule has 0 aromatic carbocycles. The van der Waals surface area contributed by atoms with E-state index in [0.29, 0.717) is 13.0 Å².